The number of ether oxygens (including phenoxy) is 1. The quantitative estimate of drug-likeness (QED) is 0.569. The Balaban J connectivity index is 1.78. The summed E-state index contributed by atoms with van der Waals surface area (Å²) in [5.41, 5.74) is 2.91. The summed E-state index contributed by atoms with van der Waals surface area (Å²) < 4.78 is 20.3. The largest absolute Gasteiger partial charge is 0.494 e. The Bertz CT molecular complexity index is 1130. The van der Waals surface area contributed by atoms with Crippen molar-refractivity contribution in [1.29, 1.82) is 0 Å². The summed E-state index contributed by atoms with van der Waals surface area (Å²) in [6, 6.07) is 7.28. The minimum absolute atomic E-state index is 0.136. The Morgan fingerprint density at radius 2 is 2.04 bits per heavy atom. The van der Waals surface area contributed by atoms with Gasteiger partial charge in [-0.25, -0.2) is 19.0 Å². The fraction of sp³-hybridized carbons (Fsp3) is 0.211. The summed E-state index contributed by atoms with van der Waals surface area (Å²) in [4.78, 5) is 8.71. The van der Waals surface area contributed by atoms with E-state index in [9.17, 15) is 4.39 Å². The molecule has 0 aliphatic heterocycles. The molecule has 28 heavy (non-hydrogen) atoms. The van der Waals surface area contributed by atoms with Crippen LogP contribution >= 0.6 is 0 Å². The molecule has 0 amide bonds. The minimum Gasteiger partial charge on any atom is -0.494 e. The van der Waals surface area contributed by atoms with Crippen LogP contribution in [-0.4, -0.2) is 37.1 Å². The van der Waals surface area contributed by atoms with E-state index in [0.29, 0.717) is 22.8 Å². The average Bonchev–Trinajstić information content (AvgIpc) is 3.14. The van der Waals surface area contributed by atoms with Gasteiger partial charge in [-0.15, -0.1) is 0 Å². The van der Waals surface area contributed by atoms with Crippen LogP contribution in [0.4, 0.5) is 10.2 Å². The Kier molecular flexibility index (Phi) is 4.56. The van der Waals surface area contributed by atoms with E-state index in [2.05, 4.69) is 30.6 Å². The number of nitrogens with one attached hydrogen (secondary N) is 1. The number of nitrogens with zero attached hydrogens (tertiary/aromatic N) is 6. The van der Waals surface area contributed by atoms with Crippen molar-refractivity contribution in [1.82, 2.24) is 29.9 Å². The van der Waals surface area contributed by atoms with Crippen LogP contribution in [0.3, 0.4) is 0 Å². The van der Waals surface area contributed by atoms with Crippen molar-refractivity contribution in [2.24, 2.45) is 0 Å². The fourth-order valence-corrected chi connectivity index (χ4v) is 2.89. The summed E-state index contributed by atoms with van der Waals surface area (Å²) in [6.07, 6.45) is 3.91. The maximum Gasteiger partial charge on any atom is 0.161 e. The third-order valence-corrected chi connectivity index (χ3v) is 4.34. The van der Waals surface area contributed by atoms with Gasteiger partial charge in [0.05, 0.1) is 42.6 Å². The second-order valence-electron chi connectivity index (χ2n) is 6.34. The second kappa shape index (κ2) is 7.18. The molecule has 8 nitrogen and oxygen atoms in total. The molecular weight excluding hydrogens is 361 g/mol. The van der Waals surface area contributed by atoms with Crippen molar-refractivity contribution in [2.75, 3.05) is 12.4 Å². The smallest absolute Gasteiger partial charge is 0.161 e. The van der Waals surface area contributed by atoms with Crippen molar-refractivity contribution < 1.29 is 9.13 Å². The number of fused-ring (bicyclic) bond motifs is 1. The number of hydrogen-bond acceptors (Lipinski definition) is 7. The molecule has 3 heterocycles. The first-order chi connectivity index (χ1) is 13.5. The predicted octanol–water partition coefficient (Wildman–Crippen LogP) is 3.23. The molecule has 1 N–H and O–H groups in total. The van der Waals surface area contributed by atoms with E-state index in [-0.39, 0.29) is 6.04 Å². The van der Waals surface area contributed by atoms with Crippen LogP contribution in [0.5, 0.6) is 5.75 Å². The van der Waals surface area contributed by atoms with Crippen molar-refractivity contribution in [3.63, 3.8) is 0 Å². The molecular formula is C19H18FN7O. The van der Waals surface area contributed by atoms with Gasteiger partial charge in [0.15, 0.2) is 5.82 Å². The van der Waals surface area contributed by atoms with Crippen LogP contribution in [0.25, 0.3) is 16.6 Å². The maximum atomic E-state index is 13.4. The highest BCUT2D eigenvalue weighted by Crippen LogP contribution is 2.32. The van der Waals surface area contributed by atoms with Gasteiger partial charge in [0, 0.05) is 11.5 Å². The fourth-order valence-electron chi connectivity index (χ4n) is 2.89. The van der Waals surface area contributed by atoms with Crippen molar-refractivity contribution >= 4 is 16.7 Å². The number of hydrogen-bond donors (Lipinski definition) is 1. The maximum absolute atomic E-state index is 13.4. The van der Waals surface area contributed by atoms with Crippen LogP contribution < -0.4 is 10.1 Å². The molecule has 0 radical (unpaired) electrons. The Morgan fingerprint density at radius 1 is 1.18 bits per heavy atom. The number of aryl methyl sites for hydroxylation is 1. The Hall–Kier alpha value is -3.62. The molecule has 0 saturated carbocycles. The third kappa shape index (κ3) is 3.34. The predicted molar refractivity (Wildman–Crippen MR) is 102 cm³/mol. The summed E-state index contributed by atoms with van der Waals surface area (Å²) in [6.45, 7) is 3.86. The average molecular weight is 379 g/mol. The lowest BCUT2D eigenvalue weighted by molar-refractivity contribution is 0.418. The van der Waals surface area contributed by atoms with Crippen LogP contribution in [0.15, 0.2) is 43.0 Å². The normalized spacial score (nSPS) is 12.1. The van der Waals surface area contributed by atoms with Crippen molar-refractivity contribution in [2.45, 2.75) is 19.9 Å². The Morgan fingerprint density at radius 3 is 2.71 bits per heavy atom. The third-order valence-electron chi connectivity index (χ3n) is 4.34. The number of benzene rings is 1. The van der Waals surface area contributed by atoms with Crippen molar-refractivity contribution in [3.05, 3.63) is 60.2 Å². The molecule has 1 atom stereocenters. The van der Waals surface area contributed by atoms with Crippen LogP contribution in [0.2, 0.25) is 0 Å². The van der Waals surface area contributed by atoms with E-state index in [1.54, 1.807) is 13.2 Å². The first-order valence-electron chi connectivity index (χ1n) is 8.65. The first-order valence-corrected chi connectivity index (χ1v) is 8.65. The highest BCUT2D eigenvalue weighted by atomic mass is 19.1. The number of aromatic nitrogens is 6. The summed E-state index contributed by atoms with van der Waals surface area (Å²) in [5, 5.41) is 16.4. The van der Waals surface area contributed by atoms with Crippen LogP contribution in [0.1, 0.15) is 24.4 Å². The van der Waals surface area contributed by atoms with Crippen LogP contribution in [0, 0.1) is 12.7 Å². The monoisotopic (exact) mass is 379 g/mol. The zero-order valence-corrected chi connectivity index (χ0v) is 15.6. The molecule has 0 aliphatic rings. The van der Waals surface area contributed by atoms with E-state index in [0.717, 1.165) is 23.0 Å². The van der Waals surface area contributed by atoms with E-state index >= 15 is 0 Å². The molecule has 3 aromatic heterocycles. The summed E-state index contributed by atoms with van der Waals surface area (Å²) in [7, 11) is 1.56. The number of methoxy groups -OCH3 is 1. The highest BCUT2D eigenvalue weighted by Gasteiger charge is 2.15. The lowest BCUT2D eigenvalue weighted by atomic mass is 10.1. The molecule has 0 saturated heterocycles. The molecule has 9 heteroatoms. The molecule has 0 aliphatic carbocycles. The SMILES string of the molecule is COc1cc(-n2cc(F)cn2)cc2c(NC(C)c3ccc(C)nn3)ncnc12. The van der Waals surface area contributed by atoms with Crippen molar-refractivity contribution in [3.8, 4) is 11.4 Å². The Labute approximate surface area is 160 Å². The van der Waals surface area contributed by atoms with Gasteiger partial charge in [-0.2, -0.15) is 15.3 Å². The van der Waals surface area contributed by atoms with Gasteiger partial charge >= 0.3 is 0 Å². The molecule has 0 spiro atoms. The molecule has 0 bridgehead atoms. The van der Waals surface area contributed by atoms with Gasteiger partial charge in [-0.3, -0.25) is 0 Å². The topological polar surface area (TPSA) is 90.6 Å². The number of rotatable bonds is 5. The molecule has 4 aromatic rings. The van der Waals surface area contributed by atoms with Crippen LogP contribution in [-0.2, 0) is 0 Å². The van der Waals surface area contributed by atoms with E-state index in [1.165, 1.54) is 17.2 Å². The zero-order chi connectivity index (χ0) is 19.7. The van der Waals surface area contributed by atoms with Gasteiger partial charge in [-0.05, 0) is 32.0 Å². The van der Waals surface area contributed by atoms with Gasteiger partial charge in [-0.1, -0.05) is 0 Å². The zero-order valence-electron chi connectivity index (χ0n) is 15.6. The summed E-state index contributed by atoms with van der Waals surface area (Å²) >= 11 is 0. The standard InChI is InChI=1S/C19H18FN7O/c1-11-4-5-16(26-25-11)12(2)24-19-15-6-14(27-9-13(20)8-23-27)7-17(28-3)18(15)21-10-22-19/h4-10,12H,1-3H3,(H,21,22,24). The minimum atomic E-state index is -0.423. The molecule has 0 fully saturated rings. The molecule has 1 unspecified atom stereocenters. The molecule has 142 valence electrons. The van der Waals surface area contributed by atoms with Gasteiger partial charge < -0.3 is 10.1 Å². The lowest BCUT2D eigenvalue weighted by Gasteiger charge is -2.16. The van der Waals surface area contributed by atoms with E-state index < -0.39 is 5.82 Å². The first kappa shape index (κ1) is 17.8. The molecule has 4 rings (SSSR count). The van der Waals surface area contributed by atoms with Gasteiger partial charge in [0.2, 0.25) is 0 Å². The highest BCUT2D eigenvalue weighted by molar-refractivity contribution is 5.94. The summed E-state index contributed by atoms with van der Waals surface area (Å²) in [5.74, 6) is 0.720. The van der Waals surface area contributed by atoms with E-state index in [4.69, 9.17) is 4.74 Å². The second-order valence-corrected chi connectivity index (χ2v) is 6.34. The molecule has 1 aromatic carbocycles. The number of anilines is 1. The van der Waals surface area contributed by atoms with Gasteiger partial charge in [0.1, 0.15) is 23.4 Å². The van der Waals surface area contributed by atoms with E-state index in [1.807, 2.05) is 32.0 Å². The lowest BCUT2D eigenvalue weighted by Crippen LogP contribution is -2.11. The number of halogens is 1. The van der Waals surface area contributed by atoms with Gasteiger partial charge in [0.25, 0.3) is 0 Å².